The maximum atomic E-state index is 13.1. The van der Waals surface area contributed by atoms with Crippen LogP contribution in [0.3, 0.4) is 0 Å². The van der Waals surface area contributed by atoms with Crippen LogP contribution in [0.5, 0.6) is 0 Å². The molecule has 1 N–H and O–H groups in total. The number of H-pyrrole nitrogens is 1. The van der Waals surface area contributed by atoms with Crippen molar-refractivity contribution in [3.8, 4) is 0 Å². The summed E-state index contributed by atoms with van der Waals surface area (Å²) in [6.45, 7) is 5.39. The molecule has 3 rings (SSSR count). The van der Waals surface area contributed by atoms with Crippen molar-refractivity contribution in [3.05, 3.63) is 35.0 Å². The van der Waals surface area contributed by atoms with Crippen LogP contribution in [0.2, 0.25) is 5.02 Å². The fourth-order valence-corrected chi connectivity index (χ4v) is 3.66. The van der Waals surface area contributed by atoms with Gasteiger partial charge in [-0.1, -0.05) is 29.8 Å². The molecule has 0 unspecified atom stereocenters. The topological polar surface area (TPSA) is 59.7 Å². The third-order valence-corrected chi connectivity index (χ3v) is 5.05. The molecule has 0 bridgehead atoms. The van der Waals surface area contributed by atoms with Crippen LogP contribution in [0, 0.1) is 0 Å². The van der Waals surface area contributed by atoms with E-state index < -0.39 is 5.54 Å². The predicted octanol–water partition coefficient (Wildman–Crippen LogP) is 3.04. The van der Waals surface area contributed by atoms with Crippen molar-refractivity contribution in [2.75, 3.05) is 33.7 Å². The Morgan fingerprint density at radius 1 is 1.20 bits per heavy atom. The second-order valence-corrected chi connectivity index (χ2v) is 7.61. The van der Waals surface area contributed by atoms with Crippen molar-refractivity contribution in [3.63, 3.8) is 0 Å². The van der Waals surface area contributed by atoms with Gasteiger partial charge in [-0.05, 0) is 19.9 Å². The maximum absolute atomic E-state index is 13.1. The standard InChI is InChI=1S/C18H23ClN4O2/c1-18(2)11-22(17(25)21(3)4)9-10-23(18)16(24)15-14(19)12-7-5-6-8-13(12)20-15/h5-8,20H,9-11H2,1-4H3. The highest BCUT2D eigenvalue weighted by molar-refractivity contribution is 6.38. The lowest BCUT2D eigenvalue weighted by Crippen LogP contribution is -2.63. The highest BCUT2D eigenvalue weighted by atomic mass is 35.5. The number of nitrogens with one attached hydrogen (secondary N) is 1. The lowest BCUT2D eigenvalue weighted by atomic mass is 9.98. The second kappa shape index (κ2) is 6.26. The summed E-state index contributed by atoms with van der Waals surface area (Å²) in [4.78, 5) is 33.6. The number of amides is 3. The van der Waals surface area contributed by atoms with Gasteiger partial charge in [-0.25, -0.2) is 4.79 Å². The van der Waals surface area contributed by atoms with Crippen molar-refractivity contribution < 1.29 is 9.59 Å². The Labute approximate surface area is 152 Å². The van der Waals surface area contributed by atoms with E-state index in [9.17, 15) is 9.59 Å². The number of urea groups is 1. The normalized spacial score (nSPS) is 17.0. The molecule has 1 aromatic heterocycles. The van der Waals surface area contributed by atoms with E-state index in [1.165, 1.54) is 0 Å². The number of halogens is 1. The molecular formula is C18H23ClN4O2. The first-order chi connectivity index (χ1) is 11.7. The molecule has 0 spiro atoms. The molecule has 0 atom stereocenters. The Morgan fingerprint density at radius 3 is 2.48 bits per heavy atom. The maximum Gasteiger partial charge on any atom is 0.319 e. The van der Waals surface area contributed by atoms with E-state index in [1.54, 1.807) is 28.8 Å². The van der Waals surface area contributed by atoms with Crippen LogP contribution in [0.25, 0.3) is 10.9 Å². The number of carbonyl (C=O) groups is 2. The van der Waals surface area contributed by atoms with Crippen LogP contribution < -0.4 is 0 Å². The molecular weight excluding hydrogens is 340 g/mol. The molecule has 0 aliphatic carbocycles. The molecule has 1 fully saturated rings. The Balaban J connectivity index is 1.87. The Bertz CT molecular complexity index is 828. The van der Waals surface area contributed by atoms with Gasteiger partial charge in [0.15, 0.2) is 0 Å². The molecule has 3 amide bonds. The summed E-state index contributed by atoms with van der Waals surface area (Å²) in [6, 6.07) is 7.55. The molecule has 0 saturated carbocycles. The monoisotopic (exact) mass is 362 g/mol. The minimum Gasteiger partial charge on any atom is -0.349 e. The molecule has 134 valence electrons. The molecule has 1 aliphatic heterocycles. The highest BCUT2D eigenvalue weighted by Crippen LogP contribution is 2.31. The van der Waals surface area contributed by atoms with Gasteiger partial charge in [0.25, 0.3) is 5.91 Å². The van der Waals surface area contributed by atoms with Gasteiger partial charge in [0.2, 0.25) is 0 Å². The lowest BCUT2D eigenvalue weighted by Gasteiger charge is -2.47. The summed E-state index contributed by atoms with van der Waals surface area (Å²) >= 11 is 6.44. The number of para-hydroxylation sites is 1. The Morgan fingerprint density at radius 2 is 1.88 bits per heavy atom. The van der Waals surface area contributed by atoms with E-state index >= 15 is 0 Å². The van der Waals surface area contributed by atoms with Crippen LogP contribution in [0.4, 0.5) is 4.79 Å². The lowest BCUT2D eigenvalue weighted by molar-refractivity contribution is 0.0237. The molecule has 1 saturated heterocycles. The zero-order valence-electron chi connectivity index (χ0n) is 15.0. The molecule has 7 heteroatoms. The van der Waals surface area contributed by atoms with Crippen molar-refractivity contribution in [1.29, 1.82) is 0 Å². The molecule has 0 radical (unpaired) electrons. The number of fused-ring (bicyclic) bond motifs is 1. The summed E-state index contributed by atoms with van der Waals surface area (Å²) in [5.41, 5.74) is 0.764. The molecule has 1 aromatic carbocycles. The summed E-state index contributed by atoms with van der Waals surface area (Å²) in [6.07, 6.45) is 0. The quantitative estimate of drug-likeness (QED) is 0.847. The number of hydrogen-bond donors (Lipinski definition) is 1. The average Bonchev–Trinajstić information content (AvgIpc) is 2.90. The number of nitrogens with zero attached hydrogens (tertiary/aromatic N) is 3. The van der Waals surface area contributed by atoms with E-state index in [-0.39, 0.29) is 11.9 Å². The first-order valence-electron chi connectivity index (χ1n) is 8.27. The summed E-state index contributed by atoms with van der Waals surface area (Å²) < 4.78 is 0. The van der Waals surface area contributed by atoms with Gasteiger partial charge in [0, 0.05) is 44.6 Å². The zero-order chi connectivity index (χ0) is 18.4. The number of aromatic amines is 1. The average molecular weight is 363 g/mol. The summed E-state index contributed by atoms with van der Waals surface area (Å²) in [5.74, 6) is -0.136. The number of carbonyl (C=O) groups excluding carboxylic acids is 2. The third kappa shape index (κ3) is 3.06. The number of hydrogen-bond acceptors (Lipinski definition) is 2. The number of rotatable bonds is 1. The first-order valence-corrected chi connectivity index (χ1v) is 8.64. The van der Waals surface area contributed by atoms with Crippen LogP contribution in [0.1, 0.15) is 24.3 Å². The van der Waals surface area contributed by atoms with Gasteiger partial charge in [-0.3, -0.25) is 4.79 Å². The fourth-order valence-electron chi connectivity index (χ4n) is 3.37. The SMILES string of the molecule is CN(C)C(=O)N1CCN(C(=O)c2[nH]c3ccccc3c2Cl)C(C)(C)C1. The minimum atomic E-state index is -0.484. The van der Waals surface area contributed by atoms with Crippen LogP contribution >= 0.6 is 11.6 Å². The molecule has 2 heterocycles. The van der Waals surface area contributed by atoms with Crippen LogP contribution in [-0.4, -0.2) is 70.9 Å². The molecule has 25 heavy (non-hydrogen) atoms. The fraction of sp³-hybridized carbons (Fsp3) is 0.444. The number of piperazine rings is 1. The predicted molar refractivity (Wildman–Crippen MR) is 99.1 cm³/mol. The van der Waals surface area contributed by atoms with Gasteiger partial charge < -0.3 is 19.7 Å². The van der Waals surface area contributed by atoms with Crippen molar-refractivity contribution in [2.45, 2.75) is 19.4 Å². The first kappa shape index (κ1) is 17.6. The summed E-state index contributed by atoms with van der Waals surface area (Å²) in [7, 11) is 3.47. The van der Waals surface area contributed by atoms with Gasteiger partial charge in [0.05, 0.1) is 10.6 Å². The third-order valence-electron chi connectivity index (χ3n) is 4.66. The van der Waals surface area contributed by atoms with E-state index in [4.69, 9.17) is 11.6 Å². The van der Waals surface area contributed by atoms with E-state index in [1.807, 2.05) is 38.1 Å². The van der Waals surface area contributed by atoms with Gasteiger partial charge in [0.1, 0.15) is 5.69 Å². The van der Waals surface area contributed by atoms with Gasteiger partial charge in [-0.15, -0.1) is 0 Å². The Hall–Kier alpha value is -2.21. The van der Waals surface area contributed by atoms with Gasteiger partial charge in [-0.2, -0.15) is 0 Å². The number of benzene rings is 1. The molecule has 1 aliphatic rings. The molecule has 6 nitrogen and oxygen atoms in total. The van der Waals surface area contributed by atoms with E-state index in [0.29, 0.717) is 30.4 Å². The molecule has 2 aromatic rings. The van der Waals surface area contributed by atoms with Crippen molar-refractivity contribution in [1.82, 2.24) is 19.7 Å². The second-order valence-electron chi connectivity index (χ2n) is 7.23. The van der Waals surface area contributed by atoms with Gasteiger partial charge >= 0.3 is 6.03 Å². The highest BCUT2D eigenvalue weighted by Gasteiger charge is 2.40. The van der Waals surface area contributed by atoms with Crippen molar-refractivity contribution >= 4 is 34.4 Å². The minimum absolute atomic E-state index is 0.0381. The number of aromatic nitrogens is 1. The van der Waals surface area contributed by atoms with Crippen LogP contribution in [0.15, 0.2) is 24.3 Å². The zero-order valence-corrected chi connectivity index (χ0v) is 15.7. The largest absolute Gasteiger partial charge is 0.349 e. The van der Waals surface area contributed by atoms with Crippen molar-refractivity contribution in [2.24, 2.45) is 0 Å². The smallest absolute Gasteiger partial charge is 0.319 e. The van der Waals surface area contributed by atoms with Crippen LogP contribution in [-0.2, 0) is 0 Å². The Kier molecular flexibility index (Phi) is 4.41. The van der Waals surface area contributed by atoms with E-state index in [2.05, 4.69) is 4.98 Å². The van der Waals surface area contributed by atoms with E-state index in [0.717, 1.165) is 10.9 Å². The summed E-state index contributed by atoms with van der Waals surface area (Å²) in [5, 5.41) is 1.29.